The number of rotatable bonds is 5. The molecule has 0 N–H and O–H groups in total. The van der Waals surface area contributed by atoms with E-state index < -0.39 is 0 Å². The third kappa shape index (κ3) is 3.27. The van der Waals surface area contributed by atoms with Crippen LogP contribution in [0.5, 0.6) is 0 Å². The first-order valence-electron chi connectivity index (χ1n) is 10.9. The van der Waals surface area contributed by atoms with Crippen LogP contribution in [0, 0.1) is 17.8 Å². The topological polar surface area (TPSA) is 52.6 Å². The van der Waals surface area contributed by atoms with Gasteiger partial charge in [0, 0.05) is 16.7 Å². The predicted octanol–water partition coefficient (Wildman–Crippen LogP) is 5.52. The maximum Gasteiger partial charge on any atom is 0.340 e. The van der Waals surface area contributed by atoms with E-state index in [0.29, 0.717) is 0 Å². The molecule has 4 heteroatoms. The molecule has 0 aromatic heterocycles. The zero-order valence-corrected chi connectivity index (χ0v) is 17.0. The summed E-state index contributed by atoms with van der Waals surface area (Å²) < 4.78 is 11.3. The van der Waals surface area contributed by atoms with Crippen LogP contribution in [0.3, 0.4) is 0 Å². The number of unbranched alkanes of at least 4 members (excludes halogenated alkanes) is 2. The lowest BCUT2D eigenvalue weighted by molar-refractivity contribution is -0.134. The minimum absolute atomic E-state index is 0.00104. The standard InChI is InChI=1S/C24H30O4/c1-3-5-13-19-17-11-7-10-16(22(17)24(26)27-19)15-9-8-12-18-21(15)20(14-6-4-2)28-23(18)25/h12-16,21H,3-11H2,1-2H3/b19-13-,20-14-/t15?,16?,21-/m1/s1. The van der Waals surface area contributed by atoms with Crippen molar-refractivity contribution in [2.45, 2.75) is 71.6 Å². The molecule has 2 aliphatic heterocycles. The molecule has 2 unspecified atom stereocenters. The predicted molar refractivity (Wildman–Crippen MR) is 107 cm³/mol. The van der Waals surface area contributed by atoms with Gasteiger partial charge in [0.25, 0.3) is 0 Å². The van der Waals surface area contributed by atoms with E-state index >= 15 is 0 Å². The van der Waals surface area contributed by atoms with Crippen LogP contribution >= 0.6 is 0 Å². The fraction of sp³-hybridized carbons (Fsp3) is 0.583. The molecule has 1 fully saturated rings. The Labute approximate surface area is 167 Å². The van der Waals surface area contributed by atoms with Crippen LogP contribution in [0.2, 0.25) is 0 Å². The zero-order chi connectivity index (χ0) is 19.7. The molecule has 0 amide bonds. The van der Waals surface area contributed by atoms with Crippen molar-refractivity contribution in [1.29, 1.82) is 0 Å². The number of ether oxygens (including phenoxy) is 2. The molecule has 1 saturated heterocycles. The monoisotopic (exact) mass is 382 g/mol. The number of fused-ring (bicyclic) bond motifs is 1. The van der Waals surface area contributed by atoms with E-state index in [0.717, 1.165) is 86.0 Å². The van der Waals surface area contributed by atoms with Gasteiger partial charge in [0.1, 0.15) is 11.5 Å². The number of hydrogen-bond donors (Lipinski definition) is 0. The molecule has 4 nitrogen and oxygen atoms in total. The number of cyclic esters (lactones) is 2. The fourth-order valence-electron chi connectivity index (χ4n) is 5.27. The average Bonchev–Trinajstić information content (AvgIpc) is 3.21. The van der Waals surface area contributed by atoms with Gasteiger partial charge in [0.05, 0.1) is 5.92 Å². The van der Waals surface area contributed by atoms with Crippen molar-refractivity contribution in [3.8, 4) is 0 Å². The highest BCUT2D eigenvalue weighted by molar-refractivity contribution is 5.96. The molecule has 4 aliphatic rings. The van der Waals surface area contributed by atoms with Crippen molar-refractivity contribution in [1.82, 2.24) is 0 Å². The van der Waals surface area contributed by atoms with Crippen molar-refractivity contribution in [2.75, 3.05) is 0 Å². The molecular weight excluding hydrogens is 352 g/mol. The molecule has 150 valence electrons. The van der Waals surface area contributed by atoms with Gasteiger partial charge >= 0.3 is 11.9 Å². The lowest BCUT2D eigenvalue weighted by atomic mass is 9.66. The van der Waals surface area contributed by atoms with Crippen molar-refractivity contribution in [3.05, 3.63) is 46.5 Å². The van der Waals surface area contributed by atoms with Crippen LogP contribution in [0.15, 0.2) is 46.5 Å². The lowest BCUT2D eigenvalue weighted by Gasteiger charge is -2.35. The van der Waals surface area contributed by atoms with Crippen LogP contribution in [0.1, 0.15) is 71.6 Å². The maximum absolute atomic E-state index is 12.8. The Bertz CT molecular complexity index is 795. The van der Waals surface area contributed by atoms with Gasteiger partial charge in [0.15, 0.2) is 0 Å². The van der Waals surface area contributed by atoms with Crippen LogP contribution in [0.25, 0.3) is 0 Å². The van der Waals surface area contributed by atoms with Gasteiger partial charge in [-0.15, -0.1) is 0 Å². The van der Waals surface area contributed by atoms with E-state index in [1.807, 2.05) is 6.08 Å². The first-order valence-corrected chi connectivity index (χ1v) is 10.9. The van der Waals surface area contributed by atoms with E-state index in [4.69, 9.17) is 9.47 Å². The van der Waals surface area contributed by atoms with Crippen molar-refractivity contribution in [2.24, 2.45) is 17.8 Å². The smallest absolute Gasteiger partial charge is 0.340 e. The van der Waals surface area contributed by atoms with Crippen LogP contribution in [0.4, 0.5) is 0 Å². The van der Waals surface area contributed by atoms with E-state index in [1.54, 1.807) is 0 Å². The summed E-state index contributed by atoms with van der Waals surface area (Å²) in [7, 11) is 0. The molecule has 4 rings (SSSR count). The number of esters is 2. The highest BCUT2D eigenvalue weighted by Crippen LogP contribution is 2.52. The minimum atomic E-state index is -0.195. The summed E-state index contributed by atoms with van der Waals surface area (Å²) in [6.45, 7) is 4.25. The van der Waals surface area contributed by atoms with E-state index in [2.05, 4.69) is 26.0 Å². The van der Waals surface area contributed by atoms with Gasteiger partial charge in [-0.05, 0) is 68.9 Å². The number of allylic oxidation sites excluding steroid dienone is 5. The Hall–Kier alpha value is -2.10. The molecule has 0 radical (unpaired) electrons. The Morgan fingerprint density at radius 3 is 2.61 bits per heavy atom. The first-order chi connectivity index (χ1) is 13.7. The molecule has 28 heavy (non-hydrogen) atoms. The fourth-order valence-corrected chi connectivity index (χ4v) is 5.27. The number of carbonyl (C=O) groups excluding carboxylic acids is 2. The second-order valence-electron chi connectivity index (χ2n) is 8.30. The van der Waals surface area contributed by atoms with Crippen molar-refractivity contribution in [3.63, 3.8) is 0 Å². The van der Waals surface area contributed by atoms with Gasteiger partial charge in [-0.2, -0.15) is 0 Å². The van der Waals surface area contributed by atoms with E-state index in [-0.39, 0.29) is 29.7 Å². The molecular formula is C24H30O4. The highest BCUT2D eigenvalue weighted by atomic mass is 16.5. The summed E-state index contributed by atoms with van der Waals surface area (Å²) in [6, 6.07) is 0. The molecule has 0 aromatic rings. The van der Waals surface area contributed by atoms with Gasteiger partial charge in [0.2, 0.25) is 0 Å². The van der Waals surface area contributed by atoms with Gasteiger partial charge in [-0.1, -0.05) is 32.8 Å². The van der Waals surface area contributed by atoms with Crippen LogP contribution in [-0.4, -0.2) is 11.9 Å². The summed E-state index contributed by atoms with van der Waals surface area (Å²) in [5.41, 5.74) is 2.81. The Balaban J connectivity index is 1.70. The SMILES string of the molecule is CCC/C=C1\OC(=O)C2=C1CCCC2C1CCC=C2C(=O)O/C(=C\CCC)[C@@H]21. The van der Waals surface area contributed by atoms with Crippen LogP contribution < -0.4 is 0 Å². The molecule has 3 atom stereocenters. The quantitative estimate of drug-likeness (QED) is 0.588. The summed E-state index contributed by atoms with van der Waals surface area (Å²) in [6.07, 6.45) is 14.9. The number of carbonyl (C=O) groups is 2. The lowest BCUT2D eigenvalue weighted by Crippen LogP contribution is -2.31. The third-order valence-electron chi connectivity index (χ3n) is 6.51. The van der Waals surface area contributed by atoms with Crippen LogP contribution in [-0.2, 0) is 19.1 Å². The second-order valence-corrected chi connectivity index (χ2v) is 8.30. The van der Waals surface area contributed by atoms with Gasteiger partial charge in [-0.3, -0.25) is 0 Å². The normalized spacial score (nSPS) is 32.4. The maximum atomic E-state index is 12.8. The largest absolute Gasteiger partial charge is 0.427 e. The van der Waals surface area contributed by atoms with E-state index in [1.165, 1.54) is 0 Å². The Kier molecular flexibility index (Phi) is 5.56. The van der Waals surface area contributed by atoms with Gasteiger partial charge < -0.3 is 9.47 Å². The molecule has 0 bridgehead atoms. The summed E-state index contributed by atoms with van der Waals surface area (Å²) in [4.78, 5) is 25.2. The molecule has 0 spiro atoms. The third-order valence-corrected chi connectivity index (χ3v) is 6.51. The minimum Gasteiger partial charge on any atom is -0.427 e. The number of hydrogen-bond acceptors (Lipinski definition) is 4. The highest BCUT2D eigenvalue weighted by Gasteiger charge is 2.49. The summed E-state index contributed by atoms with van der Waals surface area (Å²) in [5, 5.41) is 0. The van der Waals surface area contributed by atoms with Crippen molar-refractivity contribution < 1.29 is 19.1 Å². The second kappa shape index (κ2) is 8.10. The average molecular weight is 383 g/mol. The van der Waals surface area contributed by atoms with Crippen molar-refractivity contribution >= 4 is 11.9 Å². The summed E-state index contributed by atoms with van der Waals surface area (Å²) in [5.74, 6) is 1.63. The van der Waals surface area contributed by atoms with Gasteiger partial charge in [-0.25, -0.2) is 9.59 Å². The molecule has 0 saturated carbocycles. The molecule has 0 aromatic carbocycles. The zero-order valence-electron chi connectivity index (χ0n) is 17.0. The molecule has 2 aliphatic carbocycles. The summed E-state index contributed by atoms with van der Waals surface area (Å²) >= 11 is 0. The Morgan fingerprint density at radius 1 is 1.04 bits per heavy atom. The Morgan fingerprint density at radius 2 is 1.82 bits per heavy atom. The molecule has 2 heterocycles. The first kappa shape index (κ1) is 19.2. The van der Waals surface area contributed by atoms with E-state index in [9.17, 15) is 9.59 Å².